The first-order chi connectivity index (χ1) is 25.5. The molecule has 3 unspecified atom stereocenters. The molecule has 2 aliphatic heterocycles. The molecule has 52 heavy (non-hydrogen) atoms. The molecule has 0 radical (unpaired) electrons. The molecule has 11 heteroatoms. The van der Waals surface area contributed by atoms with Crippen LogP contribution in [0.15, 0.2) is 97.1 Å². The molecule has 2 heterocycles. The van der Waals surface area contributed by atoms with Gasteiger partial charge in [-0.05, 0) is 65.1 Å². The van der Waals surface area contributed by atoms with Crippen molar-refractivity contribution >= 4 is 11.8 Å². The third-order valence-corrected chi connectivity index (χ3v) is 9.23. The number of anilines is 1. The molecule has 0 bridgehead atoms. The second-order valence-corrected chi connectivity index (χ2v) is 13.0. The Bertz CT molecular complexity index is 1710. The molecule has 276 valence electrons. The van der Waals surface area contributed by atoms with Crippen LogP contribution in [0.25, 0.3) is 0 Å². The number of ether oxygens (including phenoxy) is 6. The van der Waals surface area contributed by atoms with Gasteiger partial charge in [0.1, 0.15) is 37.1 Å². The normalized spacial score (nSPS) is 18.4. The summed E-state index contributed by atoms with van der Waals surface area (Å²) in [7, 11) is 1.71. The van der Waals surface area contributed by atoms with E-state index in [4.69, 9.17) is 28.4 Å². The highest BCUT2D eigenvalue weighted by molar-refractivity contribution is 5.68. The summed E-state index contributed by atoms with van der Waals surface area (Å²) >= 11 is 0. The highest BCUT2D eigenvalue weighted by atomic mass is 19.1. The number of hydrogen-bond donors (Lipinski definition) is 1. The molecule has 1 fully saturated rings. The van der Waals surface area contributed by atoms with Crippen LogP contribution in [0.4, 0.5) is 14.9 Å². The van der Waals surface area contributed by atoms with Crippen molar-refractivity contribution in [1.29, 1.82) is 0 Å². The Hall–Kier alpha value is -4.68. The summed E-state index contributed by atoms with van der Waals surface area (Å²) in [6.45, 7) is 4.67. The lowest BCUT2D eigenvalue weighted by atomic mass is 9.84. The number of carbonyl (C=O) groups is 1. The number of amides is 1. The number of rotatable bonds is 16. The summed E-state index contributed by atoms with van der Waals surface area (Å²) in [4.78, 5) is 17.1. The molecule has 0 saturated carbocycles. The molecule has 2 aliphatic rings. The highest BCUT2D eigenvalue weighted by Crippen LogP contribution is 2.35. The molecule has 4 aromatic rings. The van der Waals surface area contributed by atoms with Crippen LogP contribution < -0.4 is 14.4 Å². The topological polar surface area (TPSA) is 99.2 Å². The summed E-state index contributed by atoms with van der Waals surface area (Å²) in [5.74, 6) is 0.788. The summed E-state index contributed by atoms with van der Waals surface area (Å²) in [5.41, 5.74) is 4.49. The van der Waals surface area contributed by atoms with Crippen molar-refractivity contribution in [3.63, 3.8) is 0 Å². The zero-order valence-electron chi connectivity index (χ0n) is 29.5. The second-order valence-electron chi connectivity index (χ2n) is 13.0. The third-order valence-electron chi connectivity index (χ3n) is 9.23. The Morgan fingerprint density at radius 2 is 1.67 bits per heavy atom. The van der Waals surface area contributed by atoms with Crippen LogP contribution in [0, 0.1) is 5.82 Å². The second kappa shape index (κ2) is 18.7. The molecular weight excluding hydrogens is 667 g/mol. The van der Waals surface area contributed by atoms with E-state index in [1.807, 2.05) is 72.8 Å². The van der Waals surface area contributed by atoms with E-state index in [2.05, 4.69) is 11.0 Å². The fourth-order valence-corrected chi connectivity index (χ4v) is 6.61. The quantitative estimate of drug-likeness (QED) is 0.133. The van der Waals surface area contributed by atoms with Crippen molar-refractivity contribution in [2.75, 3.05) is 64.6 Å². The van der Waals surface area contributed by atoms with Crippen LogP contribution in [0.5, 0.6) is 11.5 Å². The van der Waals surface area contributed by atoms with Gasteiger partial charge < -0.3 is 43.3 Å². The van der Waals surface area contributed by atoms with Gasteiger partial charge in [0.2, 0.25) is 0 Å². The van der Waals surface area contributed by atoms with Gasteiger partial charge in [-0.15, -0.1) is 0 Å². The van der Waals surface area contributed by atoms with Crippen LogP contribution in [-0.2, 0) is 38.8 Å². The number of methoxy groups -OCH3 is 1. The van der Waals surface area contributed by atoms with Crippen LogP contribution in [-0.4, -0.2) is 88.0 Å². The van der Waals surface area contributed by atoms with Crippen LogP contribution in [0.3, 0.4) is 0 Å². The molecule has 1 N–H and O–H groups in total. The largest absolute Gasteiger partial charge is 0.491 e. The zero-order valence-corrected chi connectivity index (χ0v) is 29.5. The lowest BCUT2D eigenvalue weighted by Gasteiger charge is -2.41. The van der Waals surface area contributed by atoms with Crippen molar-refractivity contribution in [2.24, 2.45) is 0 Å². The average Bonchev–Trinajstić information content (AvgIpc) is 3.17. The number of carbonyl (C=O) groups excluding carboxylic acids is 1. The molecule has 0 aromatic heterocycles. The van der Waals surface area contributed by atoms with Gasteiger partial charge in [0.05, 0.1) is 57.4 Å². The number of hydrogen-bond acceptors (Lipinski definition) is 9. The number of likely N-dealkylation sites (tertiary alicyclic amines) is 1. The lowest BCUT2D eigenvalue weighted by Crippen LogP contribution is -2.53. The Kier molecular flexibility index (Phi) is 13.3. The van der Waals surface area contributed by atoms with Crippen LogP contribution in [0.2, 0.25) is 0 Å². The molecule has 0 aliphatic carbocycles. The summed E-state index contributed by atoms with van der Waals surface area (Å²) in [6.07, 6.45) is -1.03. The Balaban J connectivity index is 1.11. The number of β-amino-alcohol motifs (C(OH)–C–C–N with tert-alkyl or cyclic N) is 1. The van der Waals surface area contributed by atoms with Crippen molar-refractivity contribution < 1.29 is 42.7 Å². The van der Waals surface area contributed by atoms with Gasteiger partial charge in [0.25, 0.3) is 0 Å². The van der Waals surface area contributed by atoms with Gasteiger partial charge >= 0.3 is 6.09 Å². The average molecular weight is 715 g/mol. The first-order valence-corrected chi connectivity index (χ1v) is 17.8. The number of piperidine rings is 1. The Morgan fingerprint density at radius 3 is 2.48 bits per heavy atom. The zero-order chi connectivity index (χ0) is 36.1. The molecule has 3 atom stereocenters. The number of fused-ring (bicyclic) bond motifs is 1. The monoisotopic (exact) mass is 714 g/mol. The molecule has 1 amide bonds. The van der Waals surface area contributed by atoms with Crippen LogP contribution in [0.1, 0.15) is 34.6 Å². The minimum absolute atomic E-state index is 0.103. The SMILES string of the molecule is COCCCN1CCOc2ccc(COC3CN(C(=O)OCc4ccccc4)CC(O)C3c3ccc(OCCOCc4cccc(F)c4)cc3)cc21. The number of benzene rings is 4. The Labute approximate surface area is 304 Å². The number of aliphatic hydroxyl groups excluding tert-OH is 1. The Morgan fingerprint density at radius 1 is 0.865 bits per heavy atom. The summed E-state index contributed by atoms with van der Waals surface area (Å²) < 4.78 is 48.3. The minimum atomic E-state index is -0.903. The molecule has 6 rings (SSSR count). The maximum atomic E-state index is 13.4. The smallest absolute Gasteiger partial charge is 0.410 e. The first kappa shape index (κ1) is 37.1. The minimum Gasteiger partial charge on any atom is -0.491 e. The van der Waals surface area contributed by atoms with E-state index in [1.54, 1.807) is 13.2 Å². The first-order valence-electron chi connectivity index (χ1n) is 17.8. The van der Waals surface area contributed by atoms with Crippen molar-refractivity contribution in [2.45, 2.75) is 44.4 Å². The van der Waals surface area contributed by atoms with E-state index in [0.29, 0.717) is 38.8 Å². The van der Waals surface area contributed by atoms with Crippen molar-refractivity contribution in [1.82, 2.24) is 4.90 Å². The van der Waals surface area contributed by atoms with Gasteiger partial charge in [-0.2, -0.15) is 0 Å². The predicted octanol–water partition coefficient (Wildman–Crippen LogP) is 6.34. The molecule has 0 spiro atoms. The standard InChI is InChI=1S/C41H47FN2O8/c1-47-19-6-17-43-18-20-50-38-16-11-32(24-36(38)43)29-51-39-26-44(41(46)52-28-30-7-3-2-4-8-30)25-37(45)40(39)33-12-14-35(15-13-33)49-22-21-48-27-31-9-5-10-34(42)23-31/h2-5,7-16,23-24,37,39-40,45H,6,17-22,25-29H2,1H3. The van der Waals surface area contributed by atoms with Gasteiger partial charge in [-0.1, -0.05) is 60.7 Å². The summed E-state index contributed by atoms with van der Waals surface area (Å²) in [6, 6.07) is 29.4. The van der Waals surface area contributed by atoms with E-state index in [0.717, 1.165) is 53.2 Å². The number of aliphatic hydroxyl groups is 1. The lowest BCUT2D eigenvalue weighted by molar-refractivity contribution is -0.0692. The molecular formula is C41H47FN2O8. The maximum absolute atomic E-state index is 13.4. The van der Waals surface area contributed by atoms with Crippen molar-refractivity contribution in [3.05, 3.63) is 125 Å². The summed E-state index contributed by atoms with van der Waals surface area (Å²) in [5, 5.41) is 11.5. The number of nitrogens with zero attached hydrogens (tertiary/aromatic N) is 2. The van der Waals surface area contributed by atoms with Crippen LogP contribution >= 0.6 is 0 Å². The molecule has 10 nitrogen and oxygen atoms in total. The van der Waals surface area contributed by atoms with Gasteiger partial charge in [-0.25, -0.2) is 9.18 Å². The van der Waals surface area contributed by atoms with Gasteiger partial charge in [-0.3, -0.25) is 0 Å². The maximum Gasteiger partial charge on any atom is 0.410 e. The van der Waals surface area contributed by atoms with E-state index < -0.39 is 24.2 Å². The fraction of sp³-hybridized carbons (Fsp3) is 0.390. The van der Waals surface area contributed by atoms with E-state index in [-0.39, 0.29) is 32.1 Å². The van der Waals surface area contributed by atoms with E-state index in [1.165, 1.54) is 17.0 Å². The number of halogens is 1. The molecule has 4 aromatic carbocycles. The highest BCUT2D eigenvalue weighted by Gasteiger charge is 2.40. The van der Waals surface area contributed by atoms with E-state index in [9.17, 15) is 14.3 Å². The fourth-order valence-electron chi connectivity index (χ4n) is 6.61. The third kappa shape index (κ3) is 10.2. The van der Waals surface area contributed by atoms with Gasteiger partial charge in [0, 0.05) is 26.2 Å². The predicted molar refractivity (Wildman–Crippen MR) is 194 cm³/mol. The van der Waals surface area contributed by atoms with Crippen molar-refractivity contribution in [3.8, 4) is 11.5 Å². The molecule has 1 saturated heterocycles. The van der Waals surface area contributed by atoms with Gasteiger partial charge in [0.15, 0.2) is 0 Å². The van der Waals surface area contributed by atoms with E-state index >= 15 is 0 Å².